The normalized spacial score (nSPS) is 45.4. The van der Waals surface area contributed by atoms with Crippen molar-refractivity contribution in [2.75, 3.05) is 13.2 Å². The molecule has 12 heteroatoms. The minimum atomic E-state index is -0.814. The van der Waals surface area contributed by atoms with Crippen LogP contribution in [0.4, 0.5) is 0 Å². The molecule has 0 aromatic heterocycles. The first-order valence-electron chi connectivity index (χ1n) is 11.6. The summed E-state index contributed by atoms with van der Waals surface area (Å²) in [5, 5.41) is 0. The molecule has 5 rings (SSSR count). The van der Waals surface area contributed by atoms with Crippen LogP contribution >= 0.6 is 0 Å². The number of rotatable bonds is 6. The summed E-state index contributed by atoms with van der Waals surface area (Å²) in [6.45, 7) is 11.1. The summed E-state index contributed by atoms with van der Waals surface area (Å²) in [6, 6.07) is 0. The van der Waals surface area contributed by atoms with E-state index in [4.69, 9.17) is 47.2 Å². The molecule has 33 heavy (non-hydrogen) atoms. The Labute approximate surface area is 193 Å². The molecule has 5 aliphatic rings. The van der Waals surface area contributed by atoms with Gasteiger partial charge in [0.2, 0.25) is 0 Å². The van der Waals surface area contributed by atoms with Gasteiger partial charge < -0.3 is 47.2 Å². The highest BCUT2D eigenvalue weighted by Crippen LogP contribution is 2.44. The first-order valence-corrected chi connectivity index (χ1v) is 11.6. The summed E-state index contributed by atoms with van der Waals surface area (Å²) in [5.74, 6) is -1.93. The molecular formula is C21H33BO11. The van der Waals surface area contributed by atoms with Gasteiger partial charge in [0.05, 0.1) is 6.61 Å². The van der Waals surface area contributed by atoms with Gasteiger partial charge in [0, 0.05) is 6.92 Å². The summed E-state index contributed by atoms with van der Waals surface area (Å²) >= 11 is 0. The highest BCUT2D eigenvalue weighted by molar-refractivity contribution is 6.45. The average molecular weight is 472 g/mol. The molecule has 11 nitrogen and oxygen atoms in total. The monoisotopic (exact) mass is 472 g/mol. The maximum Gasteiger partial charge on any atom is 0.457 e. The predicted molar refractivity (Wildman–Crippen MR) is 110 cm³/mol. The smallest absolute Gasteiger partial charge is 0.457 e. The lowest BCUT2D eigenvalue weighted by Gasteiger charge is -2.31. The molecule has 0 bridgehead atoms. The van der Waals surface area contributed by atoms with Crippen LogP contribution in [0.1, 0.15) is 41.5 Å². The Morgan fingerprint density at radius 2 is 1.73 bits per heavy atom. The third-order valence-electron chi connectivity index (χ3n) is 6.38. The molecule has 0 saturated carbocycles. The Bertz CT molecular complexity index is 748. The number of carbonyl (C=O) groups is 1. The van der Waals surface area contributed by atoms with Crippen molar-refractivity contribution in [3.63, 3.8) is 0 Å². The first kappa shape index (κ1) is 23.9. The quantitative estimate of drug-likeness (QED) is 0.408. The Morgan fingerprint density at radius 1 is 0.970 bits per heavy atom. The van der Waals surface area contributed by atoms with Crippen molar-refractivity contribution in [2.45, 2.75) is 115 Å². The SMILES string of the molecule is CCB1O[C@@H]2[C@@H](OC3C(C4COC(C)(C)O4)OC4OC(C)(C)OC43)O[C@H](COC(C)=O)[C@@H]2O1. The third-order valence-corrected chi connectivity index (χ3v) is 6.38. The molecule has 0 amide bonds. The molecular weight excluding hydrogens is 439 g/mol. The van der Waals surface area contributed by atoms with Gasteiger partial charge in [-0.3, -0.25) is 4.79 Å². The molecule has 5 heterocycles. The van der Waals surface area contributed by atoms with E-state index in [1.807, 2.05) is 34.6 Å². The molecule has 0 radical (unpaired) electrons. The van der Waals surface area contributed by atoms with Crippen molar-refractivity contribution in [3.8, 4) is 0 Å². The minimum absolute atomic E-state index is 0.0488. The molecule has 9 atom stereocenters. The van der Waals surface area contributed by atoms with Crippen LogP contribution in [-0.4, -0.2) is 93.2 Å². The van der Waals surface area contributed by atoms with Gasteiger partial charge in [0.15, 0.2) is 24.2 Å². The van der Waals surface area contributed by atoms with Crippen LogP contribution in [0.5, 0.6) is 0 Å². The van der Waals surface area contributed by atoms with Gasteiger partial charge in [-0.05, 0) is 34.0 Å². The topological polar surface area (TPSA) is 109 Å². The minimum Gasteiger partial charge on any atom is -0.463 e. The number of esters is 1. The maximum atomic E-state index is 11.3. The van der Waals surface area contributed by atoms with Gasteiger partial charge in [-0.2, -0.15) is 0 Å². The molecule has 0 aromatic carbocycles. The first-order chi connectivity index (χ1) is 15.5. The maximum absolute atomic E-state index is 11.3. The lowest BCUT2D eigenvalue weighted by atomic mass is 9.87. The van der Waals surface area contributed by atoms with Crippen LogP contribution < -0.4 is 0 Å². The fraction of sp³-hybridized carbons (Fsp3) is 0.952. The zero-order valence-electron chi connectivity index (χ0n) is 19.9. The van der Waals surface area contributed by atoms with E-state index in [0.29, 0.717) is 12.9 Å². The molecule has 0 N–H and O–H groups in total. The van der Waals surface area contributed by atoms with E-state index in [1.165, 1.54) is 6.92 Å². The molecule has 0 spiro atoms. The van der Waals surface area contributed by atoms with E-state index in [9.17, 15) is 4.79 Å². The van der Waals surface area contributed by atoms with E-state index in [0.717, 1.165) is 0 Å². The Balaban J connectivity index is 1.34. The van der Waals surface area contributed by atoms with Gasteiger partial charge in [-0.25, -0.2) is 0 Å². The van der Waals surface area contributed by atoms with E-state index in [1.54, 1.807) is 0 Å². The van der Waals surface area contributed by atoms with Crippen molar-refractivity contribution in [1.82, 2.24) is 0 Å². The second-order valence-corrected chi connectivity index (χ2v) is 9.92. The lowest BCUT2D eigenvalue weighted by molar-refractivity contribution is -0.260. The van der Waals surface area contributed by atoms with Crippen LogP contribution in [0.15, 0.2) is 0 Å². The molecule has 0 aliphatic carbocycles. The molecule has 5 aliphatic heterocycles. The zero-order chi connectivity index (χ0) is 23.5. The van der Waals surface area contributed by atoms with E-state index >= 15 is 0 Å². The molecule has 5 fully saturated rings. The van der Waals surface area contributed by atoms with E-state index in [2.05, 4.69) is 0 Å². The Kier molecular flexibility index (Phi) is 6.29. The third kappa shape index (κ3) is 4.70. The van der Waals surface area contributed by atoms with Crippen molar-refractivity contribution in [1.29, 1.82) is 0 Å². The summed E-state index contributed by atoms with van der Waals surface area (Å²) in [7, 11) is -0.379. The summed E-state index contributed by atoms with van der Waals surface area (Å²) in [5.41, 5.74) is 0. The largest absolute Gasteiger partial charge is 0.463 e. The Hall–Kier alpha value is -0.825. The number of carbonyl (C=O) groups excluding carboxylic acids is 1. The lowest BCUT2D eigenvalue weighted by Crippen LogP contribution is -2.47. The number of hydrogen-bond acceptors (Lipinski definition) is 11. The van der Waals surface area contributed by atoms with Crippen LogP contribution in [0.3, 0.4) is 0 Å². The van der Waals surface area contributed by atoms with Crippen molar-refractivity contribution < 1.29 is 52.0 Å². The number of fused-ring (bicyclic) bond motifs is 2. The predicted octanol–water partition coefficient (Wildman–Crippen LogP) is 0.980. The van der Waals surface area contributed by atoms with Crippen molar-refractivity contribution in [3.05, 3.63) is 0 Å². The summed E-state index contributed by atoms with van der Waals surface area (Å²) < 4.78 is 59.9. The summed E-state index contributed by atoms with van der Waals surface area (Å²) in [6.07, 6.45) is -4.06. The van der Waals surface area contributed by atoms with Crippen LogP contribution in [0.25, 0.3) is 0 Å². The molecule has 186 valence electrons. The van der Waals surface area contributed by atoms with E-state index < -0.39 is 66.7 Å². The second-order valence-electron chi connectivity index (χ2n) is 9.92. The van der Waals surface area contributed by atoms with Crippen molar-refractivity contribution in [2.24, 2.45) is 0 Å². The van der Waals surface area contributed by atoms with Crippen LogP contribution in [0.2, 0.25) is 6.32 Å². The van der Waals surface area contributed by atoms with Gasteiger partial charge in [-0.1, -0.05) is 6.92 Å². The average Bonchev–Trinajstić information content (AvgIpc) is 3.49. The van der Waals surface area contributed by atoms with Gasteiger partial charge in [0.1, 0.15) is 49.3 Å². The molecule has 0 aromatic rings. The number of hydrogen-bond donors (Lipinski definition) is 0. The second kappa shape index (κ2) is 8.68. The van der Waals surface area contributed by atoms with Crippen LogP contribution in [0, 0.1) is 0 Å². The van der Waals surface area contributed by atoms with Crippen molar-refractivity contribution >= 4 is 13.1 Å². The van der Waals surface area contributed by atoms with E-state index in [-0.39, 0.29) is 19.8 Å². The highest BCUT2D eigenvalue weighted by atomic mass is 16.9. The summed E-state index contributed by atoms with van der Waals surface area (Å²) in [4.78, 5) is 11.3. The molecule has 5 saturated heterocycles. The number of ether oxygens (including phenoxy) is 8. The fourth-order valence-electron chi connectivity index (χ4n) is 5.01. The van der Waals surface area contributed by atoms with Crippen LogP contribution in [-0.2, 0) is 52.0 Å². The Morgan fingerprint density at radius 3 is 2.39 bits per heavy atom. The fourth-order valence-corrected chi connectivity index (χ4v) is 5.01. The van der Waals surface area contributed by atoms with Gasteiger partial charge >= 0.3 is 13.1 Å². The zero-order valence-corrected chi connectivity index (χ0v) is 19.9. The van der Waals surface area contributed by atoms with Gasteiger partial charge in [-0.15, -0.1) is 0 Å². The molecule has 5 unspecified atom stereocenters. The van der Waals surface area contributed by atoms with Gasteiger partial charge in [0.25, 0.3) is 0 Å². The highest BCUT2D eigenvalue weighted by Gasteiger charge is 2.62. The standard InChI is InChI=1S/C21H33BO11/c1-7-22-32-14-11(8-24-10(2)23)26-18(17(14)33-22)28-15-13(12-9-25-20(3,4)29-12)27-19-16(15)30-21(5,6)31-19/h11-19H,7-9H2,1-6H3/t11-,12?,13?,14+,15?,16?,17+,18-,19?/m1/s1.